The number of hydrogen-bond donors (Lipinski definition) is 0. The first-order valence-electron chi connectivity index (χ1n) is 10.2. The van der Waals surface area contributed by atoms with Gasteiger partial charge >= 0.3 is 6.18 Å². The van der Waals surface area contributed by atoms with Crippen LogP contribution in [0.5, 0.6) is 0 Å². The van der Waals surface area contributed by atoms with Crippen LogP contribution in [0.4, 0.5) is 13.2 Å². The SMILES string of the molecule is CS(=O)(=O)c1ccc(-c2ccc3ncc4ccc(=O)n(-c5cccc(C(F)(F)F)c5)c4c3n2)cn1. The normalized spacial score (nSPS) is 12.3. The molecule has 4 aromatic heterocycles. The minimum Gasteiger partial charge on any atom is -0.275 e. The Morgan fingerprint density at radius 2 is 1.71 bits per heavy atom. The number of benzene rings is 1. The maximum Gasteiger partial charge on any atom is 0.416 e. The number of sulfone groups is 1. The Morgan fingerprint density at radius 1 is 0.914 bits per heavy atom. The van der Waals surface area contributed by atoms with Crippen molar-refractivity contribution in [2.45, 2.75) is 11.2 Å². The van der Waals surface area contributed by atoms with Crippen LogP contribution in [-0.4, -0.2) is 34.2 Å². The molecule has 1 aromatic carbocycles. The molecule has 0 unspecified atom stereocenters. The Kier molecular flexibility index (Phi) is 5.17. The van der Waals surface area contributed by atoms with E-state index in [9.17, 15) is 26.4 Å². The van der Waals surface area contributed by atoms with E-state index in [-0.39, 0.29) is 10.7 Å². The number of fused-ring (bicyclic) bond motifs is 3. The molecule has 0 aliphatic carbocycles. The van der Waals surface area contributed by atoms with E-state index in [2.05, 4.69) is 15.0 Å². The average Bonchev–Trinajstić information content (AvgIpc) is 2.82. The summed E-state index contributed by atoms with van der Waals surface area (Å²) in [7, 11) is -3.48. The molecule has 0 fully saturated rings. The molecule has 35 heavy (non-hydrogen) atoms. The molecule has 5 aromatic rings. The van der Waals surface area contributed by atoms with Crippen molar-refractivity contribution in [1.82, 2.24) is 19.5 Å². The molecule has 0 bridgehead atoms. The summed E-state index contributed by atoms with van der Waals surface area (Å²) in [6, 6.07) is 13.5. The van der Waals surface area contributed by atoms with Crippen molar-refractivity contribution >= 4 is 31.8 Å². The van der Waals surface area contributed by atoms with Gasteiger partial charge in [-0.1, -0.05) is 6.07 Å². The third-order valence-corrected chi connectivity index (χ3v) is 6.41. The van der Waals surface area contributed by atoms with E-state index in [1.54, 1.807) is 18.2 Å². The molecular formula is C24H15F3N4O3S. The van der Waals surface area contributed by atoms with Crippen molar-refractivity contribution in [3.63, 3.8) is 0 Å². The van der Waals surface area contributed by atoms with Gasteiger partial charge in [0.05, 0.1) is 22.3 Å². The van der Waals surface area contributed by atoms with Gasteiger partial charge in [0, 0.05) is 41.4 Å². The van der Waals surface area contributed by atoms with E-state index in [1.807, 2.05) is 0 Å². The zero-order valence-electron chi connectivity index (χ0n) is 18.0. The van der Waals surface area contributed by atoms with Crippen molar-refractivity contribution < 1.29 is 21.6 Å². The van der Waals surface area contributed by atoms with Gasteiger partial charge in [-0.15, -0.1) is 0 Å². The van der Waals surface area contributed by atoms with Crippen LogP contribution >= 0.6 is 0 Å². The molecule has 0 saturated heterocycles. The quantitative estimate of drug-likeness (QED) is 0.343. The highest BCUT2D eigenvalue weighted by Crippen LogP contribution is 2.32. The molecular weight excluding hydrogens is 481 g/mol. The molecule has 11 heteroatoms. The van der Waals surface area contributed by atoms with Crippen LogP contribution in [0.15, 0.2) is 82.9 Å². The fourth-order valence-corrected chi connectivity index (χ4v) is 4.32. The third kappa shape index (κ3) is 4.14. The van der Waals surface area contributed by atoms with Crippen molar-refractivity contribution in [2.75, 3.05) is 6.26 Å². The molecule has 4 heterocycles. The van der Waals surface area contributed by atoms with E-state index in [4.69, 9.17) is 0 Å². The van der Waals surface area contributed by atoms with E-state index in [0.29, 0.717) is 33.2 Å². The summed E-state index contributed by atoms with van der Waals surface area (Å²) in [6.07, 6.45) is -0.646. The Hall–Kier alpha value is -4.12. The number of halogens is 3. The van der Waals surface area contributed by atoms with Crippen LogP contribution in [0, 0.1) is 0 Å². The van der Waals surface area contributed by atoms with Crippen molar-refractivity contribution in [1.29, 1.82) is 0 Å². The van der Waals surface area contributed by atoms with Gasteiger partial charge in [0.25, 0.3) is 5.56 Å². The maximum atomic E-state index is 13.3. The Labute approximate surface area is 196 Å². The lowest BCUT2D eigenvalue weighted by Crippen LogP contribution is -2.18. The molecule has 0 amide bonds. The number of hydrogen-bond acceptors (Lipinski definition) is 6. The minimum atomic E-state index is -4.58. The summed E-state index contributed by atoms with van der Waals surface area (Å²) in [4.78, 5) is 25.9. The van der Waals surface area contributed by atoms with Crippen LogP contribution in [0.3, 0.4) is 0 Å². The van der Waals surface area contributed by atoms with Crippen molar-refractivity contribution in [3.05, 3.63) is 89.0 Å². The summed E-state index contributed by atoms with van der Waals surface area (Å²) in [6.45, 7) is 0. The van der Waals surface area contributed by atoms with E-state index in [0.717, 1.165) is 18.4 Å². The second-order valence-corrected chi connectivity index (χ2v) is 9.80. The van der Waals surface area contributed by atoms with Crippen LogP contribution < -0.4 is 5.56 Å². The average molecular weight is 496 g/mol. The summed E-state index contributed by atoms with van der Waals surface area (Å²) in [5.41, 5.74) is 0.569. The van der Waals surface area contributed by atoms with Gasteiger partial charge in [-0.05, 0) is 48.5 Å². The highest BCUT2D eigenvalue weighted by atomic mass is 32.2. The summed E-state index contributed by atoms with van der Waals surface area (Å²) in [5, 5.41) is 0.414. The summed E-state index contributed by atoms with van der Waals surface area (Å²) in [5.74, 6) is 0. The maximum absolute atomic E-state index is 13.3. The van der Waals surface area contributed by atoms with E-state index in [1.165, 1.54) is 47.3 Å². The Bertz CT molecular complexity index is 1780. The second-order valence-electron chi connectivity index (χ2n) is 7.84. The van der Waals surface area contributed by atoms with Gasteiger partial charge in [0.2, 0.25) is 0 Å². The van der Waals surface area contributed by atoms with E-state index >= 15 is 0 Å². The topological polar surface area (TPSA) is 94.8 Å². The lowest BCUT2D eigenvalue weighted by atomic mass is 10.1. The fourth-order valence-electron chi connectivity index (χ4n) is 3.76. The predicted octanol–water partition coefficient (Wildman–Crippen LogP) is 4.42. The Morgan fingerprint density at radius 3 is 2.40 bits per heavy atom. The lowest BCUT2D eigenvalue weighted by Gasteiger charge is -2.14. The highest BCUT2D eigenvalue weighted by molar-refractivity contribution is 7.90. The van der Waals surface area contributed by atoms with E-state index < -0.39 is 27.1 Å². The van der Waals surface area contributed by atoms with Crippen LogP contribution in [0.25, 0.3) is 38.9 Å². The molecule has 0 aliphatic rings. The second kappa shape index (κ2) is 7.98. The van der Waals surface area contributed by atoms with Crippen molar-refractivity contribution in [3.8, 4) is 16.9 Å². The predicted molar refractivity (Wildman–Crippen MR) is 124 cm³/mol. The fraction of sp³-hybridized carbons (Fsp3) is 0.0833. The van der Waals surface area contributed by atoms with Gasteiger partial charge in [-0.25, -0.2) is 18.4 Å². The van der Waals surface area contributed by atoms with Gasteiger partial charge in [-0.3, -0.25) is 14.3 Å². The van der Waals surface area contributed by atoms with Gasteiger partial charge in [0.15, 0.2) is 14.9 Å². The monoisotopic (exact) mass is 496 g/mol. The molecule has 0 spiro atoms. The first-order chi connectivity index (χ1) is 16.5. The standard InChI is InChI=1S/C24H15F3N4O3S/c1-35(33,34)20-9-5-14(12-29-20)18-7-8-19-22(30-18)23-15(13-28-19)6-10-21(32)31(23)17-4-2-3-16(11-17)24(25,26)27/h2-13H,1H3. The Balaban J connectivity index is 1.78. The molecule has 0 aliphatic heterocycles. The highest BCUT2D eigenvalue weighted by Gasteiger charge is 2.30. The largest absolute Gasteiger partial charge is 0.416 e. The van der Waals surface area contributed by atoms with Gasteiger partial charge < -0.3 is 0 Å². The minimum absolute atomic E-state index is 0.0364. The lowest BCUT2D eigenvalue weighted by molar-refractivity contribution is -0.137. The van der Waals surface area contributed by atoms with Crippen LogP contribution in [-0.2, 0) is 16.0 Å². The molecule has 0 N–H and O–H groups in total. The number of pyridine rings is 4. The summed E-state index contributed by atoms with van der Waals surface area (Å²) < 4.78 is 64.6. The number of rotatable bonds is 3. The van der Waals surface area contributed by atoms with Gasteiger partial charge in [0.1, 0.15) is 5.52 Å². The van der Waals surface area contributed by atoms with Crippen LogP contribution in [0.2, 0.25) is 0 Å². The first kappa shape index (κ1) is 22.7. The molecule has 5 rings (SSSR count). The number of aromatic nitrogens is 4. The number of alkyl halides is 3. The molecule has 0 radical (unpaired) electrons. The van der Waals surface area contributed by atoms with Crippen molar-refractivity contribution in [2.24, 2.45) is 0 Å². The zero-order valence-corrected chi connectivity index (χ0v) is 18.8. The van der Waals surface area contributed by atoms with Crippen LogP contribution in [0.1, 0.15) is 5.56 Å². The molecule has 176 valence electrons. The molecule has 0 atom stereocenters. The third-order valence-electron chi connectivity index (χ3n) is 5.41. The number of nitrogens with zero attached hydrogens (tertiary/aromatic N) is 4. The molecule has 7 nitrogen and oxygen atoms in total. The zero-order chi connectivity index (χ0) is 25.0. The molecule has 0 saturated carbocycles. The smallest absolute Gasteiger partial charge is 0.275 e. The van der Waals surface area contributed by atoms with Gasteiger partial charge in [-0.2, -0.15) is 13.2 Å². The first-order valence-corrected chi connectivity index (χ1v) is 12.1. The summed E-state index contributed by atoms with van der Waals surface area (Å²) >= 11 is 0.